The smallest absolute Gasteiger partial charge is 0.247 e. The summed E-state index contributed by atoms with van der Waals surface area (Å²) < 4.78 is 3.37. The van der Waals surface area contributed by atoms with Gasteiger partial charge in [-0.1, -0.05) is 51.4 Å². The lowest BCUT2D eigenvalue weighted by Gasteiger charge is -2.39. The van der Waals surface area contributed by atoms with Crippen molar-refractivity contribution in [2.75, 3.05) is 32.7 Å². The number of isocyanates is 3. The van der Waals surface area contributed by atoms with Crippen molar-refractivity contribution in [1.82, 2.24) is 23.5 Å². The van der Waals surface area contributed by atoms with E-state index in [4.69, 9.17) is 0 Å². The summed E-state index contributed by atoms with van der Waals surface area (Å²) in [5.41, 5.74) is -1.89. The van der Waals surface area contributed by atoms with Crippen LogP contribution in [0.15, 0.2) is 29.4 Å². The number of rotatable bonds is 28. The summed E-state index contributed by atoms with van der Waals surface area (Å²) in [5.74, 6) is 0. The SMILES string of the molecule is O=C=NCCCCCCN1C(=O)N(CCCCCCn2c(=O)n(CCCCCCN=C=O)c(=O)n(CCCCCCN=C=O)c2=O)C1=O. The van der Waals surface area contributed by atoms with Crippen LogP contribution in [0.4, 0.5) is 9.59 Å². The molecule has 48 heavy (non-hydrogen) atoms. The van der Waals surface area contributed by atoms with Crippen molar-refractivity contribution < 1.29 is 24.0 Å². The van der Waals surface area contributed by atoms with Gasteiger partial charge in [-0.3, -0.25) is 0 Å². The summed E-state index contributed by atoms with van der Waals surface area (Å²) in [5, 5.41) is 0. The maximum Gasteiger partial charge on any atom is 0.336 e. The second-order valence-corrected chi connectivity index (χ2v) is 11.7. The number of aliphatic imine (C=N–C) groups is 3. The normalized spacial score (nSPS) is 12.3. The highest BCUT2D eigenvalue weighted by molar-refractivity contribution is 6.11. The van der Waals surface area contributed by atoms with E-state index in [1.54, 1.807) is 0 Å². The van der Waals surface area contributed by atoms with Gasteiger partial charge < -0.3 is 0 Å². The Morgan fingerprint density at radius 2 is 0.604 bits per heavy atom. The predicted octanol–water partition coefficient (Wildman–Crippen LogP) is 3.28. The molecule has 2 heterocycles. The summed E-state index contributed by atoms with van der Waals surface area (Å²) in [4.78, 5) is 108. The standard InChI is InChI=1S/C32H48N8O8/c41-25-33-17-9-1-4-12-20-36-28(44)37(21-13-5-2-10-18-34-26-42)30(46)39(29(36)45)23-15-7-8-16-24-40-31(47)38(32(40)48)22-14-6-3-11-19-35-27-43/h1-24H2. The van der Waals surface area contributed by atoms with Crippen molar-refractivity contribution >= 4 is 30.3 Å². The molecule has 0 atom stereocenters. The van der Waals surface area contributed by atoms with Crippen LogP contribution >= 0.6 is 0 Å². The fraction of sp³-hybridized carbons (Fsp3) is 0.750. The van der Waals surface area contributed by atoms with E-state index in [1.807, 2.05) is 0 Å². The second kappa shape index (κ2) is 23.8. The molecule has 1 aromatic heterocycles. The molecular formula is C32H48N8O8. The zero-order chi connectivity index (χ0) is 35.0. The van der Waals surface area contributed by atoms with E-state index in [0.717, 1.165) is 58.6 Å². The van der Waals surface area contributed by atoms with Gasteiger partial charge in [0.15, 0.2) is 0 Å². The Hall–Kier alpha value is -4.51. The first kappa shape index (κ1) is 39.7. The summed E-state index contributed by atoms with van der Waals surface area (Å²) in [7, 11) is 0. The van der Waals surface area contributed by atoms with Crippen molar-refractivity contribution in [1.29, 1.82) is 0 Å². The Bertz CT molecular complexity index is 1410. The number of urea groups is 2. The van der Waals surface area contributed by atoms with Gasteiger partial charge in [-0.25, -0.2) is 76.8 Å². The molecule has 0 N–H and O–H groups in total. The van der Waals surface area contributed by atoms with E-state index in [0.29, 0.717) is 90.5 Å². The quantitative estimate of drug-likeness (QED) is 0.0734. The second-order valence-electron chi connectivity index (χ2n) is 11.7. The lowest BCUT2D eigenvalue weighted by Crippen LogP contribution is -2.64. The minimum atomic E-state index is -0.634. The Kier molecular flexibility index (Phi) is 19.6. The molecule has 0 aliphatic carbocycles. The number of carbonyl (C=O) groups is 2. The van der Waals surface area contributed by atoms with Gasteiger partial charge in [0, 0.05) is 32.7 Å². The van der Waals surface area contributed by atoms with E-state index < -0.39 is 17.1 Å². The molecule has 1 aromatic rings. The Balaban J connectivity index is 1.87. The molecular weight excluding hydrogens is 624 g/mol. The number of hydrogen-bond donors (Lipinski definition) is 0. The van der Waals surface area contributed by atoms with Crippen LogP contribution in [0.3, 0.4) is 0 Å². The van der Waals surface area contributed by atoms with Crippen molar-refractivity contribution in [3.05, 3.63) is 31.5 Å². The topological polar surface area (TPSA) is 195 Å². The highest BCUT2D eigenvalue weighted by Gasteiger charge is 2.42. The lowest BCUT2D eigenvalue weighted by molar-refractivity contribution is 0.104. The summed E-state index contributed by atoms with van der Waals surface area (Å²) in [6, 6.07) is -0.604. The van der Waals surface area contributed by atoms with E-state index >= 15 is 0 Å². The van der Waals surface area contributed by atoms with E-state index in [-0.39, 0.29) is 31.7 Å². The molecule has 1 aliphatic heterocycles. The van der Waals surface area contributed by atoms with Crippen molar-refractivity contribution in [2.45, 2.75) is 122 Å². The Labute approximate surface area is 279 Å². The molecule has 0 aromatic carbocycles. The van der Waals surface area contributed by atoms with Crippen molar-refractivity contribution in [3.63, 3.8) is 0 Å². The highest BCUT2D eigenvalue weighted by Crippen LogP contribution is 2.19. The van der Waals surface area contributed by atoms with E-state index in [1.165, 1.54) is 28.0 Å². The molecule has 4 amide bonds. The molecule has 16 heteroatoms. The first-order valence-corrected chi connectivity index (χ1v) is 17.1. The van der Waals surface area contributed by atoms with Gasteiger partial charge in [-0.2, -0.15) is 0 Å². The number of aromatic nitrogens is 3. The predicted molar refractivity (Wildman–Crippen MR) is 176 cm³/mol. The molecule has 16 nitrogen and oxygen atoms in total. The van der Waals surface area contributed by atoms with Gasteiger partial charge in [0.1, 0.15) is 0 Å². The minimum Gasteiger partial charge on any atom is -0.247 e. The van der Waals surface area contributed by atoms with Gasteiger partial charge in [0.25, 0.3) is 0 Å². The van der Waals surface area contributed by atoms with Gasteiger partial charge in [-0.05, 0) is 51.4 Å². The fourth-order valence-corrected chi connectivity index (χ4v) is 5.52. The number of amides is 4. The molecule has 0 bridgehead atoms. The molecule has 1 fully saturated rings. The maximum atomic E-state index is 13.3. The van der Waals surface area contributed by atoms with Crippen LogP contribution in [0.2, 0.25) is 0 Å². The van der Waals surface area contributed by atoms with E-state index in [2.05, 4.69) is 15.0 Å². The van der Waals surface area contributed by atoms with Crippen LogP contribution in [-0.4, -0.2) is 86.5 Å². The number of carbonyl (C=O) groups excluding carboxylic acids is 5. The van der Waals surface area contributed by atoms with Gasteiger partial charge in [0.05, 0.1) is 19.6 Å². The Morgan fingerprint density at radius 3 is 0.875 bits per heavy atom. The zero-order valence-electron chi connectivity index (χ0n) is 27.8. The number of nitrogens with zero attached hydrogens (tertiary/aromatic N) is 8. The van der Waals surface area contributed by atoms with Crippen LogP contribution in [0.1, 0.15) is 103 Å². The number of imide groups is 2. The summed E-state index contributed by atoms with van der Waals surface area (Å²) in [6.45, 7) is 2.36. The molecule has 0 unspecified atom stereocenters. The van der Waals surface area contributed by atoms with Crippen molar-refractivity contribution in [2.24, 2.45) is 15.0 Å². The monoisotopic (exact) mass is 672 g/mol. The van der Waals surface area contributed by atoms with Gasteiger partial charge in [0.2, 0.25) is 18.2 Å². The highest BCUT2D eigenvalue weighted by atomic mass is 16.2. The average Bonchev–Trinajstić information content (AvgIpc) is 3.08. The van der Waals surface area contributed by atoms with Crippen LogP contribution in [-0.2, 0) is 34.0 Å². The van der Waals surface area contributed by atoms with Gasteiger partial charge >= 0.3 is 29.1 Å². The molecule has 0 saturated carbocycles. The molecule has 1 saturated heterocycles. The molecule has 264 valence electrons. The molecule has 0 radical (unpaired) electrons. The third-order valence-corrected chi connectivity index (χ3v) is 8.22. The fourth-order valence-electron chi connectivity index (χ4n) is 5.52. The maximum absolute atomic E-state index is 13.3. The molecule has 0 spiro atoms. The summed E-state index contributed by atoms with van der Waals surface area (Å²) in [6.07, 6.45) is 15.6. The largest absolute Gasteiger partial charge is 0.336 e. The molecule has 2 rings (SSSR count). The summed E-state index contributed by atoms with van der Waals surface area (Å²) >= 11 is 0. The minimum absolute atomic E-state index is 0.141. The van der Waals surface area contributed by atoms with E-state index in [9.17, 15) is 38.4 Å². The van der Waals surface area contributed by atoms with Crippen LogP contribution in [0.5, 0.6) is 0 Å². The Morgan fingerprint density at radius 1 is 0.354 bits per heavy atom. The van der Waals surface area contributed by atoms with Crippen LogP contribution in [0.25, 0.3) is 0 Å². The van der Waals surface area contributed by atoms with Crippen molar-refractivity contribution in [3.8, 4) is 0 Å². The molecule has 1 aliphatic rings. The first-order chi connectivity index (χ1) is 23.4. The van der Waals surface area contributed by atoms with Gasteiger partial charge in [-0.15, -0.1) is 0 Å². The number of hydrogen-bond acceptors (Lipinski definition) is 11. The first-order valence-electron chi connectivity index (χ1n) is 17.1. The third-order valence-electron chi connectivity index (χ3n) is 8.22. The third kappa shape index (κ3) is 13.3. The van der Waals surface area contributed by atoms with Crippen LogP contribution < -0.4 is 17.1 Å². The van der Waals surface area contributed by atoms with Crippen LogP contribution in [0, 0.1) is 0 Å². The lowest BCUT2D eigenvalue weighted by atomic mass is 10.1. The number of unbranched alkanes of at least 4 members (excludes halogenated alkanes) is 12. The zero-order valence-corrected chi connectivity index (χ0v) is 27.8. The average molecular weight is 673 g/mol.